The quantitative estimate of drug-likeness (QED) is 0.561. The molecule has 1 nitrogen and oxygen atoms in total. The predicted molar refractivity (Wildman–Crippen MR) is 62.1 cm³/mol. The maximum Gasteiger partial charge on any atom is 0.0986 e. The van der Waals surface area contributed by atoms with Crippen molar-refractivity contribution in [2.24, 2.45) is 0 Å². The van der Waals surface area contributed by atoms with E-state index in [1.165, 1.54) is 0 Å². The Kier molecular flexibility index (Phi) is 2.91. The Morgan fingerprint density at radius 3 is 2.43 bits per heavy atom. The molecule has 14 heavy (non-hydrogen) atoms. The summed E-state index contributed by atoms with van der Waals surface area (Å²) in [7, 11) is 0. The maximum absolute atomic E-state index is 11.0. The molecule has 0 saturated carbocycles. The summed E-state index contributed by atoms with van der Waals surface area (Å²) >= 11 is 2.15. The number of hydrogen-bond acceptors (Lipinski definition) is 2. The summed E-state index contributed by atoms with van der Waals surface area (Å²) in [5, 5.41) is 1.98. The number of benzene rings is 1. The van der Waals surface area contributed by atoms with Gasteiger partial charge in [-0.3, -0.25) is 0 Å². The van der Waals surface area contributed by atoms with Gasteiger partial charge in [0.05, 0.1) is 16.1 Å². The van der Waals surface area contributed by atoms with E-state index in [1.807, 2.05) is 47.8 Å². The molecule has 0 aliphatic heterocycles. The average Bonchev–Trinajstić information content (AvgIpc) is 2.74. The second-order valence-electron chi connectivity index (χ2n) is 2.76. The molecule has 0 spiro atoms. The summed E-state index contributed by atoms with van der Waals surface area (Å²) in [4.78, 5) is 1.84. The van der Waals surface area contributed by atoms with Gasteiger partial charge in [-0.1, -0.05) is 36.4 Å². The van der Waals surface area contributed by atoms with Gasteiger partial charge < -0.3 is 0 Å². The topological polar surface area (TPSA) is 17.1 Å². The van der Waals surface area contributed by atoms with Crippen LogP contribution in [-0.2, 0) is 11.3 Å². The van der Waals surface area contributed by atoms with Gasteiger partial charge in [0.2, 0.25) is 0 Å². The molecule has 70 valence electrons. The number of hydrogen-bond donors (Lipinski definition) is 0. The number of rotatable bonds is 2. The van der Waals surface area contributed by atoms with Crippen molar-refractivity contribution in [1.82, 2.24) is 0 Å². The number of thiophene rings is 1. The summed E-state index contributed by atoms with van der Waals surface area (Å²) in [5.74, 6) is 0. The van der Waals surface area contributed by atoms with Gasteiger partial charge in [0.25, 0.3) is 0 Å². The van der Waals surface area contributed by atoms with Crippen LogP contribution in [0.3, 0.4) is 0 Å². The lowest BCUT2D eigenvalue weighted by atomic mass is 10.1. The van der Waals surface area contributed by atoms with Crippen LogP contribution < -0.4 is 0 Å². The maximum atomic E-state index is 11.0. The van der Waals surface area contributed by atoms with Crippen molar-refractivity contribution in [3.05, 3.63) is 58.3 Å². The molecule has 0 fully saturated rings. The van der Waals surface area contributed by atoms with Crippen molar-refractivity contribution in [2.45, 2.75) is 0 Å². The highest BCUT2D eigenvalue weighted by Gasteiger charge is 2.05. The zero-order valence-electron chi connectivity index (χ0n) is 7.34. The Morgan fingerprint density at radius 1 is 1.07 bits per heavy atom. The van der Waals surface area contributed by atoms with Gasteiger partial charge in [0, 0.05) is 4.88 Å². The van der Waals surface area contributed by atoms with Gasteiger partial charge >= 0.3 is 0 Å². The summed E-state index contributed by atoms with van der Waals surface area (Å²) in [6.45, 7) is 0. The zero-order chi connectivity index (χ0) is 9.80. The highest BCUT2D eigenvalue weighted by atomic mass is 32.1. The van der Waals surface area contributed by atoms with Crippen molar-refractivity contribution in [2.75, 3.05) is 0 Å². The van der Waals surface area contributed by atoms with Gasteiger partial charge in [-0.25, -0.2) is 4.21 Å². The molecule has 0 saturated heterocycles. The van der Waals surface area contributed by atoms with E-state index in [0.717, 1.165) is 15.3 Å². The lowest BCUT2D eigenvalue weighted by Gasteiger charge is -1.98. The standard InChI is InChI=1S/C11H8OS2/c12-14-11(10-7-4-8-13-10)9-5-2-1-3-6-9/h1-8H. The van der Waals surface area contributed by atoms with Crippen molar-refractivity contribution in [3.63, 3.8) is 0 Å². The average molecular weight is 220 g/mol. The lowest BCUT2D eigenvalue weighted by Crippen LogP contribution is -1.99. The molecular formula is C11H8OS2. The molecule has 0 aliphatic rings. The van der Waals surface area contributed by atoms with E-state index < -0.39 is 0 Å². The predicted octanol–water partition coefficient (Wildman–Crippen LogP) is 2.53. The first-order valence-corrected chi connectivity index (χ1v) is 5.80. The minimum atomic E-state index is 0.558. The highest BCUT2D eigenvalue weighted by Crippen LogP contribution is 2.14. The van der Waals surface area contributed by atoms with E-state index in [1.54, 1.807) is 11.3 Å². The molecule has 0 atom stereocenters. The van der Waals surface area contributed by atoms with Crippen molar-refractivity contribution < 1.29 is 4.21 Å². The molecule has 3 heteroatoms. The second-order valence-corrected chi connectivity index (χ2v) is 4.28. The monoisotopic (exact) mass is 220 g/mol. The molecule has 2 aromatic rings. The van der Waals surface area contributed by atoms with Crippen LogP contribution >= 0.6 is 11.3 Å². The van der Waals surface area contributed by atoms with Crippen LogP contribution in [0.25, 0.3) is 0 Å². The molecule has 1 aromatic carbocycles. The van der Waals surface area contributed by atoms with Crippen LogP contribution in [-0.4, -0.2) is 9.07 Å². The molecular weight excluding hydrogens is 212 g/mol. The summed E-state index contributed by atoms with van der Waals surface area (Å²) in [6, 6.07) is 13.7. The Balaban J connectivity index is 2.48. The first kappa shape index (κ1) is 9.37. The van der Waals surface area contributed by atoms with Gasteiger partial charge in [0.1, 0.15) is 0 Å². The van der Waals surface area contributed by atoms with Crippen LogP contribution in [0.4, 0.5) is 0 Å². The smallest absolute Gasteiger partial charge is 0.0986 e. The summed E-state index contributed by atoms with van der Waals surface area (Å²) in [5.41, 5.74) is 0.995. The van der Waals surface area contributed by atoms with Crippen molar-refractivity contribution >= 4 is 27.5 Å². The fourth-order valence-corrected chi connectivity index (χ4v) is 2.54. The molecule has 0 amide bonds. The van der Waals surface area contributed by atoms with E-state index in [2.05, 4.69) is 0 Å². The minimum Gasteiger partial charge on any atom is -0.212 e. The Morgan fingerprint density at radius 2 is 1.86 bits per heavy atom. The molecule has 1 heterocycles. The minimum absolute atomic E-state index is 0.558. The van der Waals surface area contributed by atoms with Crippen LogP contribution in [0, 0.1) is 0 Å². The van der Waals surface area contributed by atoms with E-state index in [9.17, 15) is 4.21 Å². The third-order valence-corrected chi connectivity index (χ3v) is 3.50. The zero-order valence-corrected chi connectivity index (χ0v) is 8.98. The van der Waals surface area contributed by atoms with Gasteiger partial charge in [0.15, 0.2) is 0 Å². The van der Waals surface area contributed by atoms with Gasteiger partial charge in [-0.2, -0.15) is 0 Å². The van der Waals surface area contributed by atoms with E-state index >= 15 is 0 Å². The largest absolute Gasteiger partial charge is 0.212 e. The van der Waals surface area contributed by atoms with E-state index in [0.29, 0.717) is 11.3 Å². The van der Waals surface area contributed by atoms with Crippen molar-refractivity contribution in [3.8, 4) is 0 Å². The summed E-state index contributed by atoms with van der Waals surface area (Å²) < 4.78 is 11.0. The van der Waals surface area contributed by atoms with E-state index in [-0.39, 0.29) is 0 Å². The normalized spacial score (nSPS) is 9.71. The van der Waals surface area contributed by atoms with Crippen LogP contribution in [0.5, 0.6) is 0 Å². The lowest BCUT2D eigenvalue weighted by molar-refractivity contribution is 0.701. The Hall–Kier alpha value is -1.19. The molecule has 0 aliphatic carbocycles. The SMILES string of the molecule is O=S=C(c1ccccc1)c1cccs1. The molecule has 0 N–H and O–H groups in total. The van der Waals surface area contributed by atoms with E-state index in [4.69, 9.17) is 0 Å². The van der Waals surface area contributed by atoms with Gasteiger partial charge in [-0.15, -0.1) is 11.3 Å². The third-order valence-electron chi connectivity index (χ3n) is 1.86. The fraction of sp³-hybridized carbons (Fsp3) is 0. The van der Waals surface area contributed by atoms with Crippen LogP contribution in [0.2, 0.25) is 0 Å². The molecule has 2 rings (SSSR count). The Labute approximate surface area is 90.1 Å². The van der Waals surface area contributed by atoms with Crippen molar-refractivity contribution in [1.29, 1.82) is 0 Å². The first-order chi connectivity index (χ1) is 6.92. The second kappa shape index (κ2) is 4.35. The van der Waals surface area contributed by atoms with Gasteiger partial charge in [-0.05, 0) is 17.0 Å². The van der Waals surface area contributed by atoms with Crippen LogP contribution in [0.1, 0.15) is 10.4 Å². The third kappa shape index (κ3) is 1.84. The highest BCUT2D eigenvalue weighted by molar-refractivity contribution is 7.68. The fourth-order valence-electron chi connectivity index (χ4n) is 1.23. The Bertz CT molecular complexity index is 453. The molecule has 1 aromatic heterocycles. The van der Waals surface area contributed by atoms with Crippen LogP contribution in [0.15, 0.2) is 47.8 Å². The first-order valence-electron chi connectivity index (χ1n) is 4.18. The molecule has 0 radical (unpaired) electrons. The summed E-state index contributed by atoms with van der Waals surface area (Å²) in [6.07, 6.45) is 0. The molecule has 0 unspecified atom stereocenters. The molecule has 0 bridgehead atoms.